The second-order valence-electron chi connectivity index (χ2n) is 5.76. The molecule has 23 heavy (non-hydrogen) atoms. The van der Waals surface area contributed by atoms with Crippen LogP contribution in [0.15, 0.2) is 48.5 Å². The summed E-state index contributed by atoms with van der Waals surface area (Å²) in [7, 11) is 0. The predicted molar refractivity (Wildman–Crippen MR) is 89.6 cm³/mol. The van der Waals surface area contributed by atoms with E-state index in [1.54, 1.807) is 6.92 Å². The monoisotopic (exact) mass is 309 g/mol. The standard InChI is InChI=1S/C18H19N3O2/c1-11-13-7-3-4-8-14(13)15-9-5-6-10-16(15)21(18(11)23)20-17(22)12(2)19/h3-12H,19H2,1-2H3,(H,20,22)/t11-,12+/m1/s1. The summed E-state index contributed by atoms with van der Waals surface area (Å²) in [5.74, 6) is -0.949. The summed E-state index contributed by atoms with van der Waals surface area (Å²) in [5.41, 5.74) is 11.8. The van der Waals surface area contributed by atoms with Crippen LogP contribution in [0.25, 0.3) is 11.1 Å². The average molecular weight is 309 g/mol. The van der Waals surface area contributed by atoms with Gasteiger partial charge in [-0.05, 0) is 31.0 Å². The highest BCUT2D eigenvalue weighted by Crippen LogP contribution is 2.39. The Labute approximate surface area is 135 Å². The van der Waals surface area contributed by atoms with Crippen molar-refractivity contribution in [3.8, 4) is 11.1 Å². The van der Waals surface area contributed by atoms with Gasteiger partial charge in [-0.25, -0.2) is 5.01 Å². The highest BCUT2D eigenvalue weighted by molar-refractivity contribution is 6.06. The van der Waals surface area contributed by atoms with Crippen LogP contribution in [0.3, 0.4) is 0 Å². The van der Waals surface area contributed by atoms with E-state index in [0.29, 0.717) is 5.69 Å². The van der Waals surface area contributed by atoms with Gasteiger partial charge in [-0.15, -0.1) is 0 Å². The number of nitrogens with two attached hydrogens (primary N) is 1. The van der Waals surface area contributed by atoms with E-state index in [-0.39, 0.29) is 11.8 Å². The summed E-state index contributed by atoms with van der Waals surface area (Å²) >= 11 is 0. The lowest BCUT2D eigenvalue weighted by molar-refractivity contribution is -0.127. The Morgan fingerprint density at radius 1 is 1.13 bits per heavy atom. The molecule has 2 aromatic rings. The molecule has 5 heteroatoms. The van der Waals surface area contributed by atoms with Crippen molar-refractivity contribution in [2.45, 2.75) is 25.8 Å². The van der Waals surface area contributed by atoms with Crippen LogP contribution in [0.1, 0.15) is 25.3 Å². The van der Waals surface area contributed by atoms with Gasteiger partial charge in [-0.3, -0.25) is 15.0 Å². The molecule has 0 fully saturated rings. The molecule has 3 N–H and O–H groups in total. The molecule has 0 saturated carbocycles. The van der Waals surface area contributed by atoms with E-state index < -0.39 is 11.9 Å². The number of hydrogen-bond acceptors (Lipinski definition) is 3. The number of fused-ring (bicyclic) bond motifs is 3. The van der Waals surface area contributed by atoms with Gasteiger partial charge in [0.25, 0.3) is 11.8 Å². The van der Waals surface area contributed by atoms with Gasteiger partial charge < -0.3 is 5.73 Å². The lowest BCUT2D eigenvalue weighted by Gasteiger charge is -2.26. The second-order valence-corrected chi connectivity index (χ2v) is 5.76. The Morgan fingerprint density at radius 2 is 1.74 bits per heavy atom. The van der Waals surface area contributed by atoms with Gasteiger partial charge in [0.2, 0.25) is 0 Å². The van der Waals surface area contributed by atoms with Crippen molar-refractivity contribution in [1.29, 1.82) is 0 Å². The highest BCUT2D eigenvalue weighted by Gasteiger charge is 2.32. The van der Waals surface area contributed by atoms with Crippen LogP contribution in [-0.4, -0.2) is 17.9 Å². The van der Waals surface area contributed by atoms with Crippen molar-refractivity contribution in [1.82, 2.24) is 5.43 Å². The number of rotatable bonds is 2. The van der Waals surface area contributed by atoms with Crippen LogP contribution >= 0.6 is 0 Å². The smallest absolute Gasteiger partial charge is 0.255 e. The van der Waals surface area contributed by atoms with Crippen molar-refractivity contribution in [2.24, 2.45) is 5.73 Å². The molecule has 3 rings (SSSR count). The number of hydrogen-bond donors (Lipinski definition) is 2. The molecule has 0 bridgehead atoms. The summed E-state index contributed by atoms with van der Waals surface area (Å²) in [6.45, 7) is 3.43. The Balaban J connectivity index is 2.17. The normalized spacial score (nSPS) is 17.8. The van der Waals surface area contributed by atoms with Crippen molar-refractivity contribution in [3.63, 3.8) is 0 Å². The predicted octanol–water partition coefficient (Wildman–Crippen LogP) is 2.18. The Morgan fingerprint density at radius 3 is 2.43 bits per heavy atom. The first-order valence-corrected chi connectivity index (χ1v) is 7.59. The first-order valence-electron chi connectivity index (χ1n) is 7.59. The van der Waals surface area contributed by atoms with E-state index >= 15 is 0 Å². The largest absolute Gasteiger partial charge is 0.320 e. The second kappa shape index (κ2) is 5.85. The quantitative estimate of drug-likeness (QED) is 0.893. The van der Waals surface area contributed by atoms with Gasteiger partial charge in [0, 0.05) is 5.56 Å². The fourth-order valence-electron chi connectivity index (χ4n) is 2.79. The fourth-order valence-corrected chi connectivity index (χ4v) is 2.79. The molecule has 2 amide bonds. The number of para-hydroxylation sites is 1. The number of amides is 2. The van der Waals surface area contributed by atoms with Crippen LogP contribution in [0.5, 0.6) is 0 Å². The molecule has 5 nitrogen and oxygen atoms in total. The van der Waals surface area contributed by atoms with E-state index in [9.17, 15) is 9.59 Å². The molecule has 1 aliphatic heterocycles. The average Bonchev–Trinajstić information content (AvgIpc) is 2.65. The molecule has 0 spiro atoms. The third-order valence-electron chi connectivity index (χ3n) is 4.09. The lowest BCUT2D eigenvalue weighted by Crippen LogP contribution is -2.52. The zero-order valence-electron chi connectivity index (χ0n) is 13.1. The molecule has 1 heterocycles. The Kier molecular flexibility index (Phi) is 3.88. The minimum absolute atomic E-state index is 0.184. The third kappa shape index (κ3) is 2.59. The van der Waals surface area contributed by atoms with Gasteiger partial charge in [-0.1, -0.05) is 42.5 Å². The van der Waals surface area contributed by atoms with Crippen molar-refractivity contribution >= 4 is 17.5 Å². The first-order chi connectivity index (χ1) is 11.0. The maximum atomic E-state index is 12.9. The van der Waals surface area contributed by atoms with Crippen molar-refractivity contribution < 1.29 is 9.59 Å². The third-order valence-corrected chi connectivity index (χ3v) is 4.09. The number of carbonyl (C=O) groups excluding carboxylic acids is 2. The maximum absolute atomic E-state index is 12.9. The summed E-state index contributed by atoms with van der Waals surface area (Å²) in [4.78, 5) is 24.9. The number of carbonyl (C=O) groups is 2. The van der Waals surface area contributed by atoms with Crippen LogP contribution in [0.2, 0.25) is 0 Å². The molecule has 118 valence electrons. The molecular formula is C18H19N3O2. The zero-order chi connectivity index (χ0) is 16.6. The molecule has 0 saturated heterocycles. The number of nitrogens with zero attached hydrogens (tertiary/aromatic N) is 1. The minimum Gasteiger partial charge on any atom is -0.320 e. The van der Waals surface area contributed by atoms with Crippen LogP contribution in [0, 0.1) is 0 Å². The Hall–Kier alpha value is -2.66. The Bertz CT molecular complexity index is 770. The molecule has 0 aromatic heterocycles. The number of hydrazine groups is 1. The minimum atomic E-state index is -0.698. The van der Waals surface area contributed by atoms with Crippen molar-refractivity contribution in [3.05, 3.63) is 54.1 Å². The summed E-state index contributed by atoms with van der Waals surface area (Å²) in [6.07, 6.45) is 0. The van der Waals surface area contributed by atoms with Gasteiger partial charge in [-0.2, -0.15) is 0 Å². The maximum Gasteiger partial charge on any atom is 0.255 e. The highest BCUT2D eigenvalue weighted by atomic mass is 16.2. The van der Waals surface area contributed by atoms with E-state index in [0.717, 1.165) is 16.7 Å². The van der Waals surface area contributed by atoms with Crippen molar-refractivity contribution in [2.75, 3.05) is 5.01 Å². The molecular weight excluding hydrogens is 290 g/mol. The van der Waals surface area contributed by atoms with Gasteiger partial charge in [0.05, 0.1) is 17.6 Å². The van der Waals surface area contributed by atoms with E-state index in [1.165, 1.54) is 5.01 Å². The number of benzene rings is 2. The summed E-state index contributed by atoms with van der Waals surface area (Å²) < 4.78 is 0. The van der Waals surface area contributed by atoms with Crippen LogP contribution in [-0.2, 0) is 9.59 Å². The van der Waals surface area contributed by atoms with Gasteiger partial charge in [0.1, 0.15) is 0 Å². The summed E-state index contributed by atoms with van der Waals surface area (Å²) in [6, 6.07) is 14.6. The molecule has 2 atom stereocenters. The SMILES string of the molecule is C[C@H](N)C(=O)NN1C(=O)[C@H](C)c2ccccc2-c2ccccc21. The molecule has 0 radical (unpaired) electrons. The van der Waals surface area contributed by atoms with Gasteiger partial charge in [0.15, 0.2) is 0 Å². The fraction of sp³-hybridized carbons (Fsp3) is 0.222. The molecule has 1 aliphatic rings. The molecule has 2 aromatic carbocycles. The zero-order valence-corrected chi connectivity index (χ0v) is 13.1. The topological polar surface area (TPSA) is 75.4 Å². The summed E-state index contributed by atoms with van der Waals surface area (Å²) in [5, 5.41) is 1.33. The molecule has 0 unspecified atom stereocenters. The van der Waals surface area contributed by atoms with E-state index in [2.05, 4.69) is 5.43 Å². The number of anilines is 1. The van der Waals surface area contributed by atoms with Gasteiger partial charge >= 0.3 is 0 Å². The number of nitrogens with one attached hydrogen (secondary N) is 1. The van der Waals surface area contributed by atoms with E-state index in [1.807, 2.05) is 55.5 Å². The van der Waals surface area contributed by atoms with E-state index in [4.69, 9.17) is 5.73 Å². The molecule has 0 aliphatic carbocycles. The first kappa shape index (κ1) is 15.2. The van der Waals surface area contributed by atoms with Crippen LogP contribution in [0.4, 0.5) is 5.69 Å². The lowest BCUT2D eigenvalue weighted by atomic mass is 9.92. The van der Waals surface area contributed by atoms with Crippen LogP contribution < -0.4 is 16.2 Å².